The summed E-state index contributed by atoms with van der Waals surface area (Å²) in [5, 5.41) is 0. The SMILES string of the molecule is CC(=O)c1cccc(S(=O)(=O)N(C)CCOc2ccc(F)cc2)c1. The smallest absolute Gasteiger partial charge is 0.242 e. The molecule has 0 aromatic heterocycles. The maximum Gasteiger partial charge on any atom is 0.242 e. The van der Waals surface area contributed by atoms with E-state index in [4.69, 9.17) is 4.74 Å². The van der Waals surface area contributed by atoms with Crippen LogP contribution in [-0.2, 0) is 10.0 Å². The number of ketones is 1. The second kappa shape index (κ2) is 7.55. The van der Waals surface area contributed by atoms with Crippen LogP contribution < -0.4 is 4.74 Å². The number of sulfonamides is 1. The maximum atomic E-state index is 12.8. The van der Waals surface area contributed by atoms with Gasteiger partial charge in [0.2, 0.25) is 10.0 Å². The van der Waals surface area contributed by atoms with Crippen molar-refractivity contribution in [3.63, 3.8) is 0 Å². The van der Waals surface area contributed by atoms with E-state index in [0.717, 1.165) is 4.31 Å². The molecule has 5 nitrogen and oxygen atoms in total. The molecule has 0 unspecified atom stereocenters. The molecule has 0 heterocycles. The zero-order valence-electron chi connectivity index (χ0n) is 13.4. The normalized spacial score (nSPS) is 11.5. The van der Waals surface area contributed by atoms with Gasteiger partial charge in [0.25, 0.3) is 0 Å². The number of carbonyl (C=O) groups excluding carboxylic acids is 1. The third kappa shape index (κ3) is 4.39. The summed E-state index contributed by atoms with van der Waals surface area (Å²) in [7, 11) is -2.28. The number of Topliss-reactive ketones (excluding diaryl/α,β-unsaturated/α-hetero) is 1. The molecule has 0 saturated carbocycles. The Morgan fingerprint density at radius 2 is 1.83 bits per heavy atom. The van der Waals surface area contributed by atoms with Crippen molar-refractivity contribution in [1.29, 1.82) is 0 Å². The first-order valence-corrected chi connectivity index (χ1v) is 8.70. The van der Waals surface area contributed by atoms with E-state index in [1.807, 2.05) is 0 Å². The van der Waals surface area contributed by atoms with Crippen molar-refractivity contribution in [3.05, 3.63) is 59.9 Å². The molecule has 0 fully saturated rings. The Kier molecular flexibility index (Phi) is 5.69. The predicted molar refractivity (Wildman–Crippen MR) is 88.2 cm³/mol. The first-order chi connectivity index (χ1) is 11.3. The van der Waals surface area contributed by atoms with Crippen LogP contribution in [0.25, 0.3) is 0 Å². The molecule has 0 aliphatic carbocycles. The molecule has 0 saturated heterocycles. The number of benzene rings is 2. The van der Waals surface area contributed by atoms with E-state index in [1.165, 1.54) is 56.4 Å². The average molecular weight is 351 g/mol. The number of halogens is 1. The first kappa shape index (κ1) is 18.1. The average Bonchev–Trinajstić information content (AvgIpc) is 2.56. The molecule has 128 valence electrons. The summed E-state index contributed by atoms with van der Waals surface area (Å²) >= 11 is 0. The Morgan fingerprint density at radius 1 is 1.17 bits per heavy atom. The zero-order valence-corrected chi connectivity index (χ0v) is 14.2. The molecule has 0 radical (unpaired) electrons. The largest absolute Gasteiger partial charge is 0.492 e. The lowest BCUT2D eigenvalue weighted by molar-refractivity contribution is 0.101. The van der Waals surface area contributed by atoms with Gasteiger partial charge in [0.1, 0.15) is 18.2 Å². The summed E-state index contributed by atoms with van der Waals surface area (Å²) in [6, 6.07) is 11.4. The Labute approximate surface area is 140 Å². The minimum atomic E-state index is -3.72. The van der Waals surface area contributed by atoms with Crippen LogP contribution in [0.3, 0.4) is 0 Å². The predicted octanol–water partition coefficient (Wildman–Crippen LogP) is 2.73. The van der Waals surface area contributed by atoms with Gasteiger partial charge in [-0.1, -0.05) is 12.1 Å². The summed E-state index contributed by atoms with van der Waals surface area (Å²) in [6.45, 7) is 1.61. The summed E-state index contributed by atoms with van der Waals surface area (Å²) in [5.74, 6) is -0.109. The highest BCUT2D eigenvalue weighted by atomic mass is 32.2. The highest BCUT2D eigenvalue weighted by Gasteiger charge is 2.21. The molecule has 2 rings (SSSR count). The fourth-order valence-electron chi connectivity index (χ4n) is 2.00. The van der Waals surface area contributed by atoms with Crippen LogP contribution in [0.15, 0.2) is 53.4 Å². The van der Waals surface area contributed by atoms with Crippen LogP contribution in [0.4, 0.5) is 4.39 Å². The van der Waals surface area contributed by atoms with Crippen molar-refractivity contribution in [2.45, 2.75) is 11.8 Å². The highest BCUT2D eigenvalue weighted by Crippen LogP contribution is 2.17. The third-order valence-electron chi connectivity index (χ3n) is 3.44. The summed E-state index contributed by atoms with van der Waals surface area (Å²) in [5.41, 5.74) is 0.340. The van der Waals surface area contributed by atoms with Crippen molar-refractivity contribution in [1.82, 2.24) is 4.31 Å². The minimum Gasteiger partial charge on any atom is -0.492 e. The molecule has 0 aliphatic heterocycles. The van der Waals surface area contributed by atoms with E-state index >= 15 is 0 Å². The Hall–Kier alpha value is -2.25. The zero-order chi connectivity index (χ0) is 17.7. The van der Waals surface area contributed by atoms with Crippen LogP contribution in [0, 0.1) is 5.82 Å². The number of carbonyl (C=O) groups is 1. The molecule has 0 spiro atoms. The first-order valence-electron chi connectivity index (χ1n) is 7.26. The van der Waals surface area contributed by atoms with Gasteiger partial charge >= 0.3 is 0 Å². The lowest BCUT2D eigenvalue weighted by Gasteiger charge is -2.18. The second-order valence-corrected chi connectivity index (χ2v) is 7.26. The number of hydrogen-bond acceptors (Lipinski definition) is 4. The number of nitrogens with zero attached hydrogens (tertiary/aromatic N) is 1. The van der Waals surface area contributed by atoms with Gasteiger partial charge in [-0.25, -0.2) is 12.8 Å². The van der Waals surface area contributed by atoms with Crippen LogP contribution >= 0.6 is 0 Å². The minimum absolute atomic E-state index is 0.0551. The van der Waals surface area contributed by atoms with Gasteiger partial charge < -0.3 is 4.74 Å². The van der Waals surface area contributed by atoms with E-state index in [9.17, 15) is 17.6 Å². The van der Waals surface area contributed by atoms with E-state index in [0.29, 0.717) is 11.3 Å². The lowest BCUT2D eigenvalue weighted by Crippen LogP contribution is -2.31. The van der Waals surface area contributed by atoms with E-state index in [1.54, 1.807) is 6.07 Å². The Morgan fingerprint density at radius 3 is 2.46 bits per heavy atom. The molecule has 24 heavy (non-hydrogen) atoms. The molecular formula is C17H18FNO4S. The number of likely N-dealkylation sites (N-methyl/N-ethyl adjacent to an activating group) is 1. The van der Waals surface area contributed by atoms with E-state index in [-0.39, 0.29) is 29.6 Å². The van der Waals surface area contributed by atoms with Crippen molar-refractivity contribution in [2.24, 2.45) is 0 Å². The Bertz CT molecular complexity index is 819. The van der Waals surface area contributed by atoms with Crippen LogP contribution in [0.5, 0.6) is 5.75 Å². The molecule has 7 heteroatoms. The second-order valence-electron chi connectivity index (χ2n) is 5.21. The van der Waals surface area contributed by atoms with E-state index in [2.05, 4.69) is 0 Å². The number of hydrogen-bond donors (Lipinski definition) is 0. The molecule has 0 amide bonds. The van der Waals surface area contributed by atoms with Gasteiger partial charge in [-0.3, -0.25) is 4.79 Å². The van der Waals surface area contributed by atoms with Gasteiger partial charge in [0.15, 0.2) is 5.78 Å². The molecule has 0 bridgehead atoms. The standard InChI is InChI=1S/C17H18FNO4S/c1-13(20)14-4-3-5-17(12-14)24(21,22)19(2)10-11-23-16-8-6-15(18)7-9-16/h3-9,12H,10-11H2,1-2H3. The van der Waals surface area contributed by atoms with Crippen LogP contribution in [0.1, 0.15) is 17.3 Å². The monoisotopic (exact) mass is 351 g/mol. The van der Waals surface area contributed by atoms with Gasteiger partial charge in [0, 0.05) is 19.2 Å². The summed E-state index contributed by atoms with van der Waals surface area (Å²) in [4.78, 5) is 11.4. The van der Waals surface area contributed by atoms with Crippen molar-refractivity contribution < 1.29 is 22.3 Å². The highest BCUT2D eigenvalue weighted by molar-refractivity contribution is 7.89. The van der Waals surface area contributed by atoms with Gasteiger partial charge in [-0.15, -0.1) is 0 Å². The molecule has 2 aromatic rings. The fourth-order valence-corrected chi connectivity index (χ4v) is 3.20. The van der Waals surface area contributed by atoms with Gasteiger partial charge in [-0.05, 0) is 43.3 Å². The summed E-state index contributed by atoms with van der Waals surface area (Å²) in [6.07, 6.45) is 0. The number of ether oxygens (including phenoxy) is 1. The van der Waals surface area contributed by atoms with Crippen LogP contribution in [-0.4, -0.2) is 38.7 Å². The molecule has 0 N–H and O–H groups in total. The Balaban J connectivity index is 2.02. The van der Waals surface area contributed by atoms with Crippen molar-refractivity contribution >= 4 is 15.8 Å². The topological polar surface area (TPSA) is 63.7 Å². The molecule has 0 atom stereocenters. The van der Waals surface area contributed by atoms with Crippen molar-refractivity contribution in [2.75, 3.05) is 20.2 Å². The third-order valence-corrected chi connectivity index (χ3v) is 5.29. The molecular weight excluding hydrogens is 333 g/mol. The summed E-state index contributed by atoms with van der Waals surface area (Å²) < 4.78 is 44.4. The van der Waals surface area contributed by atoms with Crippen molar-refractivity contribution in [3.8, 4) is 5.75 Å². The van der Waals surface area contributed by atoms with E-state index < -0.39 is 10.0 Å². The quantitative estimate of drug-likeness (QED) is 0.720. The number of rotatable bonds is 7. The van der Waals surface area contributed by atoms with Gasteiger partial charge in [-0.2, -0.15) is 4.31 Å². The van der Waals surface area contributed by atoms with Gasteiger partial charge in [0.05, 0.1) is 4.90 Å². The molecule has 2 aromatic carbocycles. The maximum absolute atomic E-state index is 12.8. The van der Waals surface area contributed by atoms with Crippen LogP contribution in [0.2, 0.25) is 0 Å². The fraction of sp³-hybridized carbons (Fsp3) is 0.235. The molecule has 0 aliphatic rings. The lowest BCUT2D eigenvalue weighted by atomic mass is 10.2.